The number of benzene rings is 1. The number of nitrogens with one attached hydrogen (secondary N) is 1. The number of hydrogen-bond donors (Lipinski definition) is 1. The number of hydrogen-bond acceptors (Lipinski definition) is 4. The highest BCUT2D eigenvalue weighted by molar-refractivity contribution is 5.95. The highest BCUT2D eigenvalue weighted by Gasteiger charge is 2.45. The van der Waals surface area contributed by atoms with Gasteiger partial charge in [-0.25, -0.2) is 4.68 Å². The molecule has 2 aromatic rings. The Balaban J connectivity index is 1.54. The zero-order chi connectivity index (χ0) is 20.4. The molecule has 2 fully saturated rings. The van der Waals surface area contributed by atoms with E-state index in [1.54, 1.807) is 6.20 Å². The van der Waals surface area contributed by atoms with E-state index in [1.165, 1.54) is 12.8 Å². The third-order valence-electron chi connectivity index (χ3n) is 6.86. The van der Waals surface area contributed by atoms with Crippen molar-refractivity contribution in [2.45, 2.75) is 58.0 Å². The fourth-order valence-electron chi connectivity index (χ4n) is 5.10. The highest BCUT2D eigenvalue weighted by atomic mass is 16.5. The number of ether oxygens (including phenoxy) is 1. The molecule has 1 amide bonds. The van der Waals surface area contributed by atoms with Crippen molar-refractivity contribution >= 4 is 5.91 Å². The first-order valence-electron chi connectivity index (χ1n) is 10.8. The van der Waals surface area contributed by atoms with Crippen LogP contribution in [0.15, 0.2) is 30.5 Å². The topological polar surface area (TPSA) is 59.4 Å². The van der Waals surface area contributed by atoms with Crippen molar-refractivity contribution < 1.29 is 9.53 Å². The third-order valence-corrected chi connectivity index (χ3v) is 6.86. The minimum atomic E-state index is -0.0330. The number of carbonyl (C=O) groups excluding carboxylic acids is 1. The van der Waals surface area contributed by atoms with Gasteiger partial charge in [-0.1, -0.05) is 31.0 Å². The molecule has 156 valence electrons. The number of carbonyl (C=O) groups is 1. The second kappa shape index (κ2) is 8.28. The van der Waals surface area contributed by atoms with Crippen LogP contribution >= 0.6 is 0 Å². The summed E-state index contributed by atoms with van der Waals surface area (Å²) >= 11 is 0. The van der Waals surface area contributed by atoms with Crippen LogP contribution in [-0.4, -0.2) is 58.5 Å². The molecule has 2 aliphatic rings. The SMILES string of the molecule is Cc1ccccc1-n1ncc(C(=O)NC(C)C2(N3CCOCC3)CCCC2)c1C. The van der Waals surface area contributed by atoms with Gasteiger partial charge in [0.15, 0.2) is 0 Å². The van der Waals surface area contributed by atoms with Gasteiger partial charge in [0.2, 0.25) is 0 Å². The van der Waals surface area contributed by atoms with Gasteiger partial charge in [-0.2, -0.15) is 5.10 Å². The van der Waals surface area contributed by atoms with Crippen molar-refractivity contribution in [2.75, 3.05) is 26.3 Å². The molecule has 4 rings (SSSR count). The summed E-state index contributed by atoms with van der Waals surface area (Å²) in [6, 6.07) is 8.18. The van der Waals surface area contributed by atoms with Crippen LogP contribution in [0.1, 0.15) is 54.2 Å². The van der Waals surface area contributed by atoms with Gasteiger partial charge in [0.25, 0.3) is 5.91 Å². The second-order valence-electron chi connectivity index (χ2n) is 8.45. The van der Waals surface area contributed by atoms with Gasteiger partial charge in [0, 0.05) is 24.7 Å². The van der Waals surface area contributed by atoms with Gasteiger partial charge in [0.05, 0.1) is 36.4 Å². The fraction of sp³-hybridized carbons (Fsp3) is 0.565. The summed E-state index contributed by atoms with van der Waals surface area (Å²) in [6.45, 7) is 9.65. The maximum absolute atomic E-state index is 13.2. The Morgan fingerprint density at radius 2 is 1.86 bits per heavy atom. The van der Waals surface area contributed by atoms with Crippen molar-refractivity contribution in [1.82, 2.24) is 20.0 Å². The van der Waals surface area contributed by atoms with Crippen LogP contribution in [-0.2, 0) is 4.74 Å². The molecule has 2 heterocycles. The van der Waals surface area contributed by atoms with Crippen LogP contribution in [0.4, 0.5) is 0 Å². The molecule has 1 saturated heterocycles. The van der Waals surface area contributed by atoms with Crippen molar-refractivity contribution in [3.8, 4) is 5.69 Å². The zero-order valence-corrected chi connectivity index (χ0v) is 17.8. The molecule has 1 atom stereocenters. The molecule has 1 aliphatic carbocycles. The lowest BCUT2D eigenvalue weighted by atomic mass is 9.86. The molecule has 0 radical (unpaired) electrons. The van der Waals surface area contributed by atoms with Gasteiger partial charge in [-0.05, 0) is 45.2 Å². The standard InChI is InChI=1S/C23H32N4O2/c1-17-8-4-5-9-21(17)27-18(2)20(16-24-27)22(28)25-19(3)23(10-6-7-11-23)26-12-14-29-15-13-26/h4-5,8-9,16,19H,6-7,10-15H2,1-3H3,(H,25,28). The first-order valence-corrected chi connectivity index (χ1v) is 10.8. The lowest BCUT2D eigenvalue weighted by molar-refractivity contribution is -0.0323. The van der Waals surface area contributed by atoms with Crippen LogP contribution in [0.2, 0.25) is 0 Å². The van der Waals surface area contributed by atoms with Crippen LogP contribution < -0.4 is 5.32 Å². The van der Waals surface area contributed by atoms with Gasteiger partial charge < -0.3 is 10.1 Å². The average Bonchev–Trinajstić information content (AvgIpc) is 3.37. The smallest absolute Gasteiger partial charge is 0.255 e. The predicted molar refractivity (Wildman–Crippen MR) is 114 cm³/mol. The zero-order valence-electron chi connectivity index (χ0n) is 17.8. The van der Waals surface area contributed by atoms with Gasteiger partial charge in [0.1, 0.15) is 0 Å². The quantitative estimate of drug-likeness (QED) is 0.843. The normalized spacial score (nSPS) is 20.5. The Morgan fingerprint density at radius 1 is 1.17 bits per heavy atom. The lowest BCUT2D eigenvalue weighted by Gasteiger charge is -2.47. The first-order chi connectivity index (χ1) is 14.0. The van der Waals surface area contributed by atoms with E-state index < -0.39 is 0 Å². The Labute approximate surface area is 173 Å². The molecule has 1 N–H and O–H groups in total. The largest absolute Gasteiger partial charge is 0.379 e. The van der Waals surface area contributed by atoms with Crippen LogP contribution in [0.5, 0.6) is 0 Å². The van der Waals surface area contributed by atoms with E-state index in [1.807, 2.05) is 29.8 Å². The fourth-order valence-corrected chi connectivity index (χ4v) is 5.10. The van der Waals surface area contributed by atoms with Gasteiger partial charge in [-0.3, -0.25) is 9.69 Å². The molecule has 6 heteroatoms. The number of aryl methyl sites for hydroxylation is 1. The van der Waals surface area contributed by atoms with Crippen molar-refractivity contribution in [1.29, 1.82) is 0 Å². The molecule has 6 nitrogen and oxygen atoms in total. The second-order valence-corrected chi connectivity index (χ2v) is 8.45. The molecule has 1 saturated carbocycles. The van der Waals surface area contributed by atoms with E-state index in [2.05, 4.69) is 35.2 Å². The summed E-state index contributed by atoms with van der Waals surface area (Å²) in [4.78, 5) is 15.7. The summed E-state index contributed by atoms with van der Waals surface area (Å²) in [6.07, 6.45) is 6.41. The molecule has 1 unspecified atom stereocenters. The molecule has 0 bridgehead atoms. The van der Waals surface area contributed by atoms with E-state index >= 15 is 0 Å². The number of amides is 1. The summed E-state index contributed by atoms with van der Waals surface area (Å²) in [7, 11) is 0. The van der Waals surface area contributed by atoms with E-state index in [0.29, 0.717) is 5.56 Å². The third kappa shape index (κ3) is 3.71. The van der Waals surface area contributed by atoms with Gasteiger partial charge >= 0.3 is 0 Å². The highest BCUT2D eigenvalue weighted by Crippen LogP contribution is 2.38. The summed E-state index contributed by atoms with van der Waals surface area (Å²) in [5.74, 6) is -0.0330. The first kappa shape index (κ1) is 20.1. The molecular formula is C23H32N4O2. The molecular weight excluding hydrogens is 364 g/mol. The van der Waals surface area contributed by atoms with Crippen molar-refractivity contribution in [3.05, 3.63) is 47.3 Å². The minimum absolute atomic E-state index is 0.0330. The van der Waals surface area contributed by atoms with E-state index in [-0.39, 0.29) is 17.5 Å². The minimum Gasteiger partial charge on any atom is -0.379 e. The van der Waals surface area contributed by atoms with Crippen molar-refractivity contribution in [2.24, 2.45) is 0 Å². The predicted octanol–water partition coefficient (Wildman–Crippen LogP) is 3.25. The Hall–Kier alpha value is -2.18. The summed E-state index contributed by atoms with van der Waals surface area (Å²) in [5.41, 5.74) is 3.71. The number of morpholine rings is 1. The Bertz CT molecular complexity index is 864. The Morgan fingerprint density at radius 3 is 2.55 bits per heavy atom. The molecule has 29 heavy (non-hydrogen) atoms. The van der Waals surface area contributed by atoms with Gasteiger partial charge in [-0.15, -0.1) is 0 Å². The van der Waals surface area contributed by atoms with Crippen molar-refractivity contribution in [3.63, 3.8) is 0 Å². The lowest BCUT2D eigenvalue weighted by Crippen LogP contribution is -2.62. The number of nitrogens with zero attached hydrogens (tertiary/aromatic N) is 3. The maximum Gasteiger partial charge on any atom is 0.255 e. The average molecular weight is 397 g/mol. The van der Waals surface area contributed by atoms with Crippen LogP contribution in [0.25, 0.3) is 5.69 Å². The summed E-state index contributed by atoms with van der Waals surface area (Å²) < 4.78 is 7.43. The number of para-hydroxylation sites is 1. The Kier molecular flexibility index (Phi) is 5.74. The molecule has 0 spiro atoms. The van der Waals surface area contributed by atoms with Crippen LogP contribution in [0.3, 0.4) is 0 Å². The van der Waals surface area contributed by atoms with E-state index in [9.17, 15) is 4.79 Å². The van der Waals surface area contributed by atoms with E-state index in [4.69, 9.17) is 4.74 Å². The molecule has 1 aromatic heterocycles. The molecule has 1 aromatic carbocycles. The molecule has 1 aliphatic heterocycles. The monoisotopic (exact) mass is 396 g/mol. The summed E-state index contributed by atoms with van der Waals surface area (Å²) in [5, 5.41) is 7.83. The number of aromatic nitrogens is 2. The van der Waals surface area contributed by atoms with Crippen LogP contribution in [0, 0.1) is 13.8 Å². The number of rotatable bonds is 5. The van der Waals surface area contributed by atoms with E-state index in [0.717, 1.165) is 56.1 Å². The maximum atomic E-state index is 13.2.